The first kappa shape index (κ1) is 9.72. The fraction of sp³-hybridized carbons (Fsp3) is 0.538. The van der Waals surface area contributed by atoms with E-state index in [4.69, 9.17) is 0 Å². The van der Waals surface area contributed by atoms with Crippen molar-refractivity contribution in [2.75, 3.05) is 13.6 Å². The summed E-state index contributed by atoms with van der Waals surface area (Å²) >= 11 is 0. The number of rotatable bonds is 1. The molecular weight excluding hydrogens is 170 g/mol. The molecular formula is C13H19N. The molecule has 76 valence electrons. The summed E-state index contributed by atoms with van der Waals surface area (Å²) in [7, 11) is 2.24. The van der Waals surface area contributed by atoms with Crippen molar-refractivity contribution >= 4 is 0 Å². The monoisotopic (exact) mass is 189 g/mol. The van der Waals surface area contributed by atoms with Crippen molar-refractivity contribution in [1.82, 2.24) is 4.90 Å². The van der Waals surface area contributed by atoms with Crippen LogP contribution < -0.4 is 0 Å². The van der Waals surface area contributed by atoms with E-state index in [0.29, 0.717) is 6.04 Å². The molecule has 1 nitrogen and oxygen atoms in total. The van der Waals surface area contributed by atoms with Crippen LogP contribution in [0.25, 0.3) is 0 Å². The molecule has 0 spiro atoms. The fourth-order valence-electron chi connectivity index (χ4n) is 2.46. The van der Waals surface area contributed by atoms with Gasteiger partial charge in [-0.1, -0.05) is 30.3 Å². The first-order valence-corrected chi connectivity index (χ1v) is 5.54. The minimum Gasteiger partial charge on any atom is -0.303 e. The lowest BCUT2D eigenvalue weighted by Crippen LogP contribution is -2.39. The molecule has 2 unspecified atom stereocenters. The van der Waals surface area contributed by atoms with Gasteiger partial charge in [0.05, 0.1) is 0 Å². The summed E-state index contributed by atoms with van der Waals surface area (Å²) in [5, 5.41) is 0. The van der Waals surface area contributed by atoms with Gasteiger partial charge in [0.1, 0.15) is 0 Å². The number of likely N-dealkylation sites (N-methyl/N-ethyl adjacent to an activating group) is 1. The summed E-state index contributed by atoms with van der Waals surface area (Å²) in [6.45, 7) is 3.60. The third-order valence-electron chi connectivity index (χ3n) is 3.53. The maximum absolute atomic E-state index is 2.47. The molecule has 1 aliphatic heterocycles. The van der Waals surface area contributed by atoms with Gasteiger partial charge >= 0.3 is 0 Å². The maximum atomic E-state index is 2.47. The van der Waals surface area contributed by atoms with Crippen molar-refractivity contribution in [2.45, 2.75) is 31.7 Å². The van der Waals surface area contributed by atoms with Gasteiger partial charge in [-0.15, -0.1) is 0 Å². The number of benzene rings is 1. The van der Waals surface area contributed by atoms with Crippen LogP contribution >= 0.6 is 0 Å². The highest BCUT2D eigenvalue weighted by atomic mass is 15.1. The van der Waals surface area contributed by atoms with Crippen LogP contribution in [-0.4, -0.2) is 24.5 Å². The van der Waals surface area contributed by atoms with Gasteiger partial charge in [-0.05, 0) is 44.8 Å². The molecule has 14 heavy (non-hydrogen) atoms. The third kappa shape index (κ3) is 1.83. The van der Waals surface area contributed by atoms with Gasteiger partial charge in [0.15, 0.2) is 0 Å². The molecule has 2 atom stereocenters. The molecule has 0 saturated carbocycles. The Kier molecular flexibility index (Phi) is 2.87. The van der Waals surface area contributed by atoms with Gasteiger partial charge in [-0.3, -0.25) is 0 Å². The molecule has 1 heteroatoms. The van der Waals surface area contributed by atoms with Gasteiger partial charge in [0.2, 0.25) is 0 Å². The number of hydrogen-bond acceptors (Lipinski definition) is 1. The lowest BCUT2D eigenvalue weighted by atomic mass is 9.85. The van der Waals surface area contributed by atoms with Gasteiger partial charge < -0.3 is 4.90 Å². The Morgan fingerprint density at radius 3 is 2.64 bits per heavy atom. The van der Waals surface area contributed by atoms with Crippen molar-refractivity contribution in [3.8, 4) is 0 Å². The molecule has 1 heterocycles. The molecule has 0 aromatic heterocycles. The maximum Gasteiger partial charge on any atom is 0.0133 e. The highest BCUT2D eigenvalue weighted by molar-refractivity contribution is 5.21. The van der Waals surface area contributed by atoms with Crippen LogP contribution in [0.1, 0.15) is 31.2 Å². The first-order valence-electron chi connectivity index (χ1n) is 5.54. The van der Waals surface area contributed by atoms with Crippen LogP contribution in [0.4, 0.5) is 0 Å². The molecule has 0 radical (unpaired) electrons. The second-order valence-corrected chi connectivity index (χ2v) is 4.38. The second-order valence-electron chi connectivity index (χ2n) is 4.38. The summed E-state index contributed by atoms with van der Waals surface area (Å²) < 4.78 is 0. The van der Waals surface area contributed by atoms with Crippen molar-refractivity contribution in [2.24, 2.45) is 0 Å². The molecule has 1 fully saturated rings. The van der Waals surface area contributed by atoms with E-state index in [0.717, 1.165) is 5.92 Å². The SMILES string of the molecule is CC1C(c2ccccc2)CCCN1C. The quantitative estimate of drug-likeness (QED) is 0.656. The average molecular weight is 189 g/mol. The Morgan fingerprint density at radius 2 is 1.93 bits per heavy atom. The molecule has 1 saturated heterocycles. The largest absolute Gasteiger partial charge is 0.303 e. The van der Waals surface area contributed by atoms with E-state index in [2.05, 4.69) is 49.2 Å². The van der Waals surface area contributed by atoms with Gasteiger partial charge in [0.25, 0.3) is 0 Å². The van der Waals surface area contributed by atoms with E-state index in [9.17, 15) is 0 Å². The normalized spacial score (nSPS) is 29.0. The number of likely N-dealkylation sites (tertiary alicyclic amines) is 1. The molecule has 0 N–H and O–H groups in total. The molecule has 0 aliphatic carbocycles. The summed E-state index contributed by atoms with van der Waals surface area (Å²) in [5.41, 5.74) is 1.51. The zero-order valence-corrected chi connectivity index (χ0v) is 9.11. The Morgan fingerprint density at radius 1 is 1.21 bits per heavy atom. The highest BCUT2D eigenvalue weighted by Gasteiger charge is 2.26. The van der Waals surface area contributed by atoms with Crippen molar-refractivity contribution in [1.29, 1.82) is 0 Å². The van der Waals surface area contributed by atoms with E-state index >= 15 is 0 Å². The smallest absolute Gasteiger partial charge is 0.0133 e. The summed E-state index contributed by atoms with van der Waals surface area (Å²) in [6.07, 6.45) is 2.68. The van der Waals surface area contributed by atoms with Crippen LogP contribution in [0.5, 0.6) is 0 Å². The van der Waals surface area contributed by atoms with E-state index in [1.807, 2.05) is 0 Å². The Balaban J connectivity index is 2.17. The predicted molar refractivity (Wildman–Crippen MR) is 60.5 cm³/mol. The van der Waals surface area contributed by atoms with Gasteiger partial charge in [-0.25, -0.2) is 0 Å². The molecule has 0 amide bonds. The van der Waals surface area contributed by atoms with Crippen LogP contribution in [0.3, 0.4) is 0 Å². The summed E-state index contributed by atoms with van der Waals surface area (Å²) in [5.74, 6) is 0.731. The van der Waals surface area contributed by atoms with Crippen LogP contribution in [-0.2, 0) is 0 Å². The van der Waals surface area contributed by atoms with Gasteiger partial charge in [0, 0.05) is 6.04 Å². The molecule has 1 aliphatic rings. The van der Waals surface area contributed by atoms with Crippen LogP contribution in [0.2, 0.25) is 0 Å². The Bertz CT molecular complexity index is 281. The van der Waals surface area contributed by atoms with Crippen molar-refractivity contribution in [3.05, 3.63) is 35.9 Å². The van der Waals surface area contributed by atoms with Crippen molar-refractivity contribution in [3.63, 3.8) is 0 Å². The molecule has 2 rings (SSSR count). The lowest BCUT2D eigenvalue weighted by Gasteiger charge is -2.37. The van der Waals surface area contributed by atoms with Crippen molar-refractivity contribution < 1.29 is 0 Å². The minimum atomic E-state index is 0.686. The minimum absolute atomic E-state index is 0.686. The van der Waals surface area contributed by atoms with E-state index < -0.39 is 0 Å². The topological polar surface area (TPSA) is 3.24 Å². The van der Waals surface area contributed by atoms with E-state index in [1.165, 1.54) is 24.9 Å². The number of hydrogen-bond donors (Lipinski definition) is 0. The molecule has 1 aromatic carbocycles. The van der Waals surface area contributed by atoms with E-state index in [1.54, 1.807) is 0 Å². The first-order chi connectivity index (χ1) is 6.79. The number of piperidine rings is 1. The Hall–Kier alpha value is -0.820. The average Bonchev–Trinajstić information content (AvgIpc) is 2.23. The zero-order valence-electron chi connectivity index (χ0n) is 9.11. The third-order valence-corrected chi connectivity index (χ3v) is 3.53. The van der Waals surface area contributed by atoms with Crippen LogP contribution in [0, 0.1) is 0 Å². The van der Waals surface area contributed by atoms with E-state index in [-0.39, 0.29) is 0 Å². The highest BCUT2D eigenvalue weighted by Crippen LogP contribution is 2.31. The van der Waals surface area contributed by atoms with Crippen LogP contribution in [0.15, 0.2) is 30.3 Å². The summed E-state index contributed by atoms with van der Waals surface area (Å²) in [4.78, 5) is 2.47. The predicted octanol–water partition coefficient (Wildman–Crippen LogP) is 2.88. The fourth-order valence-corrected chi connectivity index (χ4v) is 2.46. The molecule has 1 aromatic rings. The lowest BCUT2D eigenvalue weighted by molar-refractivity contribution is 0.174. The second kappa shape index (κ2) is 4.14. The Labute approximate surface area is 86.7 Å². The standard InChI is InChI=1S/C13H19N/c1-11-13(9-6-10-14(11)2)12-7-4-3-5-8-12/h3-5,7-8,11,13H,6,9-10H2,1-2H3. The van der Waals surface area contributed by atoms with Gasteiger partial charge in [-0.2, -0.15) is 0 Å². The molecule has 0 bridgehead atoms. The summed E-state index contributed by atoms with van der Waals surface area (Å²) in [6, 6.07) is 11.6. The zero-order chi connectivity index (χ0) is 9.97. The number of nitrogens with zero attached hydrogens (tertiary/aromatic N) is 1.